The third-order valence-corrected chi connectivity index (χ3v) is 3.37. The maximum Gasteiger partial charge on any atom is 0.344 e. The minimum atomic E-state index is -4.04. The molecule has 0 heterocycles. The van der Waals surface area contributed by atoms with Crippen molar-refractivity contribution in [1.29, 1.82) is 0 Å². The van der Waals surface area contributed by atoms with Gasteiger partial charge < -0.3 is 14.7 Å². The van der Waals surface area contributed by atoms with Gasteiger partial charge in [0, 0.05) is 18.1 Å². The molecule has 0 unspecified atom stereocenters. The molecule has 2 aromatic rings. The van der Waals surface area contributed by atoms with Gasteiger partial charge in [-0.3, -0.25) is 4.57 Å². The van der Waals surface area contributed by atoms with Gasteiger partial charge in [-0.25, -0.2) is 0 Å². The van der Waals surface area contributed by atoms with E-state index in [-0.39, 0.29) is 18.7 Å². The van der Waals surface area contributed by atoms with E-state index in [4.69, 9.17) is 9.79 Å². The van der Waals surface area contributed by atoms with Crippen molar-refractivity contribution >= 4 is 36.5 Å². The van der Waals surface area contributed by atoms with Gasteiger partial charge in [-0.2, -0.15) is 0 Å². The van der Waals surface area contributed by atoms with Crippen molar-refractivity contribution in [1.82, 2.24) is 0 Å². The monoisotopic (exact) mass is 287 g/mol. The first kappa shape index (κ1) is 15.0. The van der Waals surface area contributed by atoms with E-state index in [0.717, 1.165) is 16.5 Å². The molecule has 0 radical (unpaired) electrons. The Morgan fingerprint density at radius 2 is 1.72 bits per heavy atom. The molecule has 0 aliphatic rings. The second-order valence-corrected chi connectivity index (χ2v) is 5.61. The lowest BCUT2D eigenvalue weighted by Gasteiger charge is -2.21. The molecule has 0 spiro atoms. The number of hydrogen-bond acceptors (Lipinski definition) is 2. The van der Waals surface area contributed by atoms with Crippen molar-refractivity contribution in [2.24, 2.45) is 0 Å². The van der Waals surface area contributed by atoms with Crippen LogP contribution in [0, 0.1) is 0 Å². The molecule has 0 amide bonds. The summed E-state index contributed by atoms with van der Waals surface area (Å²) in [7, 11) is -2.36. The van der Waals surface area contributed by atoms with Crippen molar-refractivity contribution < 1.29 is 14.4 Å². The molecule has 0 fully saturated rings. The molecule has 0 bridgehead atoms. The summed E-state index contributed by atoms with van der Waals surface area (Å²) in [6, 6.07) is 13.5. The van der Waals surface area contributed by atoms with Gasteiger partial charge >= 0.3 is 7.60 Å². The van der Waals surface area contributed by atoms with E-state index in [1.165, 1.54) is 0 Å². The predicted octanol–water partition coefficient (Wildman–Crippen LogP) is 2.83. The van der Waals surface area contributed by atoms with Crippen LogP contribution in [0.15, 0.2) is 42.5 Å². The predicted molar refractivity (Wildman–Crippen MR) is 76.5 cm³/mol. The van der Waals surface area contributed by atoms with Crippen molar-refractivity contribution in [3.8, 4) is 0 Å². The summed E-state index contributed by atoms with van der Waals surface area (Å²) in [6.07, 6.45) is -0.277. The lowest BCUT2D eigenvalue weighted by molar-refractivity contribution is 0.373. The van der Waals surface area contributed by atoms with Gasteiger partial charge in [0.1, 0.15) is 6.29 Å². The summed E-state index contributed by atoms with van der Waals surface area (Å²) >= 11 is 0. The molecule has 4 nitrogen and oxygen atoms in total. The maximum atomic E-state index is 11.0. The second kappa shape index (κ2) is 5.72. The number of fused-ring (bicyclic) bond motifs is 1. The third kappa shape index (κ3) is 3.47. The van der Waals surface area contributed by atoms with Crippen LogP contribution in [0.25, 0.3) is 10.8 Å². The van der Waals surface area contributed by atoms with Crippen molar-refractivity contribution in [2.45, 2.75) is 0 Å². The largest absolute Gasteiger partial charge is 0.362 e. The van der Waals surface area contributed by atoms with Crippen LogP contribution in [0.5, 0.6) is 0 Å². The Hall–Kier alpha value is -1.06. The number of benzene rings is 2. The number of nitrogens with zero attached hydrogens (tertiary/aromatic N) is 1. The molecular weight excluding hydrogens is 273 g/mol. The summed E-state index contributed by atoms with van der Waals surface area (Å²) in [5.74, 6) is 0. The van der Waals surface area contributed by atoms with Gasteiger partial charge in [0.25, 0.3) is 0 Å². The number of hydrogen-bond donors (Lipinski definition) is 2. The molecular formula is C12H15ClNO3P. The fraction of sp³-hybridized carbons (Fsp3) is 0.167. The SMILES string of the molecule is CN(CP(=O)(O)O)c1cccc2ccccc12.Cl. The lowest BCUT2D eigenvalue weighted by atomic mass is 10.1. The first-order chi connectivity index (χ1) is 7.97. The first-order valence-corrected chi connectivity index (χ1v) is 7.00. The van der Waals surface area contributed by atoms with Crippen molar-refractivity contribution in [3.05, 3.63) is 42.5 Å². The average molecular weight is 288 g/mol. The Morgan fingerprint density at radius 3 is 2.39 bits per heavy atom. The Kier molecular flexibility index (Phi) is 4.77. The van der Waals surface area contributed by atoms with Gasteiger partial charge in [0.2, 0.25) is 0 Å². The molecule has 0 saturated heterocycles. The standard InChI is InChI=1S/C12H14NO3P.ClH/c1-13(9-17(14,15)16)12-8-4-6-10-5-2-3-7-11(10)12;/h2-8H,9H2,1H3,(H2,14,15,16);1H. The number of halogens is 1. The van der Waals surface area contributed by atoms with E-state index in [1.807, 2.05) is 42.5 Å². The van der Waals surface area contributed by atoms with E-state index in [1.54, 1.807) is 11.9 Å². The summed E-state index contributed by atoms with van der Waals surface area (Å²) in [6.45, 7) is 0. The topological polar surface area (TPSA) is 60.8 Å². The van der Waals surface area contributed by atoms with Crippen LogP contribution in [0.4, 0.5) is 5.69 Å². The minimum Gasteiger partial charge on any atom is -0.362 e. The number of rotatable bonds is 3. The first-order valence-electron chi connectivity index (χ1n) is 5.21. The fourth-order valence-corrected chi connectivity index (χ4v) is 2.60. The summed E-state index contributed by atoms with van der Waals surface area (Å²) in [5.41, 5.74) is 0.825. The zero-order valence-corrected chi connectivity index (χ0v) is 11.6. The summed E-state index contributed by atoms with van der Waals surface area (Å²) in [5, 5.41) is 2.05. The van der Waals surface area contributed by atoms with E-state index >= 15 is 0 Å². The molecule has 0 atom stereocenters. The molecule has 0 aliphatic carbocycles. The second-order valence-electron chi connectivity index (χ2n) is 4.00. The normalized spacial score (nSPS) is 11.1. The van der Waals surface area contributed by atoms with Crippen molar-refractivity contribution in [2.75, 3.05) is 18.2 Å². The Morgan fingerprint density at radius 1 is 1.11 bits per heavy atom. The highest BCUT2D eigenvalue weighted by atomic mass is 35.5. The van der Waals surface area contributed by atoms with Crippen LogP contribution in [0.1, 0.15) is 0 Å². The van der Waals surface area contributed by atoms with E-state index in [9.17, 15) is 4.57 Å². The molecule has 2 rings (SSSR count). The maximum absolute atomic E-state index is 11.0. The van der Waals surface area contributed by atoms with Gasteiger partial charge in [-0.15, -0.1) is 12.4 Å². The molecule has 0 aliphatic heterocycles. The fourth-order valence-electron chi connectivity index (χ4n) is 1.89. The van der Waals surface area contributed by atoms with Gasteiger partial charge in [-0.1, -0.05) is 36.4 Å². The van der Waals surface area contributed by atoms with Gasteiger partial charge in [0.05, 0.1) is 0 Å². The van der Waals surface area contributed by atoms with Crippen LogP contribution in [0.3, 0.4) is 0 Å². The quantitative estimate of drug-likeness (QED) is 0.852. The van der Waals surface area contributed by atoms with Crippen LogP contribution < -0.4 is 4.90 Å². The van der Waals surface area contributed by atoms with Crippen molar-refractivity contribution in [3.63, 3.8) is 0 Å². The highest BCUT2D eigenvalue weighted by Gasteiger charge is 2.17. The molecule has 98 valence electrons. The summed E-state index contributed by atoms with van der Waals surface area (Å²) in [4.78, 5) is 19.6. The van der Waals surface area contributed by atoms with Gasteiger partial charge in [0.15, 0.2) is 0 Å². The van der Waals surface area contributed by atoms with Crippen LogP contribution in [-0.4, -0.2) is 23.1 Å². The van der Waals surface area contributed by atoms with Crippen LogP contribution in [0.2, 0.25) is 0 Å². The zero-order chi connectivity index (χ0) is 12.5. The Bertz CT molecular complexity index is 579. The molecule has 0 saturated carbocycles. The summed E-state index contributed by atoms with van der Waals surface area (Å²) < 4.78 is 11.0. The highest BCUT2D eigenvalue weighted by molar-refractivity contribution is 7.51. The smallest absolute Gasteiger partial charge is 0.344 e. The lowest BCUT2D eigenvalue weighted by Crippen LogP contribution is -2.18. The molecule has 18 heavy (non-hydrogen) atoms. The third-order valence-electron chi connectivity index (χ3n) is 2.57. The van der Waals surface area contributed by atoms with E-state index in [2.05, 4.69) is 0 Å². The number of anilines is 1. The van der Waals surface area contributed by atoms with E-state index in [0.29, 0.717) is 0 Å². The minimum absolute atomic E-state index is 0. The molecule has 2 N–H and O–H groups in total. The Balaban J connectivity index is 0.00000162. The van der Waals surface area contributed by atoms with E-state index < -0.39 is 7.60 Å². The van der Waals surface area contributed by atoms with Gasteiger partial charge in [-0.05, 0) is 11.5 Å². The molecule has 2 aromatic carbocycles. The zero-order valence-electron chi connectivity index (χ0n) is 9.85. The van der Waals surface area contributed by atoms with Crippen LogP contribution >= 0.6 is 20.0 Å². The molecule has 0 aromatic heterocycles. The Labute approximate surface area is 112 Å². The highest BCUT2D eigenvalue weighted by Crippen LogP contribution is 2.37. The molecule has 6 heteroatoms. The van der Waals surface area contributed by atoms with Crippen LogP contribution in [-0.2, 0) is 4.57 Å². The average Bonchev–Trinajstić information content (AvgIpc) is 2.26.